The van der Waals surface area contributed by atoms with Gasteiger partial charge in [0.1, 0.15) is 34.8 Å². The largest absolute Gasteiger partial charge is 0.384 e. The number of halogens is 8. The van der Waals surface area contributed by atoms with E-state index in [9.17, 15) is 35.1 Å². The Hall–Kier alpha value is -10.6. The summed E-state index contributed by atoms with van der Waals surface area (Å²) in [7, 11) is 0. The lowest BCUT2D eigenvalue weighted by atomic mass is 10.1. The number of nitrogen functional groups attached to an aromatic ring is 4. The second-order valence-corrected chi connectivity index (χ2v) is 32.8. The standard InChI is InChI=1S/C22H27F2N7O2.C21H29F2N7O2.C19H24F2N6O2.C18H23F2N7O2/c1-11-17-5-4-14(33-17)10-31(11)22-28-20(16-7-26-18(25)6-15(16)19(23)24)27-21(29-22)30-8-12-2-3-13(9-30)32-12;1-20(2)11-29(5-7-31-20)18-26-17(14-10-25-15(24)9-13(14)16(22)23)27-19(28-18)30-6-8-32-21(3,4)12-30;1-12-11-29-7-4-27(12)17-9-15(14-10-23-16(22)8-13(14)18(20)21)24-19(25-17)26-2-5-28-6-3-26;1-11-10-29-7-4-27(11)14-8-13(12-9-22-17(21)25-15(12)16(19)20)23-18(24-14)26-2-5-28-6-3-26/h6-7,11-14,17,19H,2-5,8-10H2,1H3,(H2,25,26);9-10,16H,5-8,11-12H2,1-4H3,(H2,24,25);8-10,12,18H,2-7,11H2,1H3,(H2,22,23);8-9,11,16H,2-7,10H2,1H3,(H2,21,22,25)/t11-,12?,13?,14?,17?;;12-;11-/m0.00/s1. The molecule has 35 nitrogen and oxygen atoms in total. The van der Waals surface area contributed by atoms with E-state index in [1.165, 1.54) is 43.0 Å². The van der Waals surface area contributed by atoms with E-state index >= 15 is 0 Å². The van der Waals surface area contributed by atoms with Gasteiger partial charge in [-0.1, -0.05) is 0 Å². The van der Waals surface area contributed by atoms with E-state index in [4.69, 9.17) is 80.8 Å². The molecule has 8 N–H and O–H groups in total. The molecule has 10 aliphatic rings. The Kier molecular flexibility index (Phi) is 26.9. The van der Waals surface area contributed by atoms with Gasteiger partial charge in [0.15, 0.2) is 11.6 Å². The molecule has 10 fully saturated rings. The number of alkyl halides is 8. The van der Waals surface area contributed by atoms with Crippen molar-refractivity contribution in [2.24, 2.45) is 0 Å². The third-order valence-corrected chi connectivity index (χ3v) is 22.8. The van der Waals surface area contributed by atoms with Gasteiger partial charge < -0.3 is 100 Å². The Balaban J connectivity index is 0.000000127. The van der Waals surface area contributed by atoms with Crippen LogP contribution in [0.25, 0.3) is 45.3 Å². The summed E-state index contributed by atoms with van der Waals surface area (Å²) in [6.07, 6.45) is -1.16. The maximum absolute atomic E-state index is 13.9. The van der Waals surface area contributed by atoms with Crippen molar-refractivity contribution in [1.82, 2.24) is 74.8 Å². The molecule has 18 heterocycles. The Morgan fingerprint density at radius 1 is 0.374 bits per heavy atom. The van der Waals surface area contributed by atoms with Crippen LogP contribution in [-0.2, 0) is 37.9 Å². The monoisotopic (exact) mass is 1720 g/mol. The fourth-order valence-corrected chi connectivity index (χ4v) is 16.5. The molecule has 8 aromatic heterocycles. The molecule has 10 aliphatic heterocycles. The van der Waals surface area contributed by atoms with Gasteiger partial charge in [-0.15, -0.1) is 0 Å². The average molecular weight is 1720 g/mol. The second kappa shape index (κ2) is 37.9. The van der Waals surface area contributed by atoms with Crippen molar-refractivity contribution < 1.29 is 73.0 Å². The minimum Gasteiger partial charge on any atom is -0.384 e. The third-order valence-electron chi connectivity index (χ3n) is 22.8. The number of fused-ring (bicyclic) bond motifs is 4. The van der Waals surface area contributed by atoms with Gasteiger partial charge in [-0.05, 0) is 92.3 Å². The predicted molar refractivity (Wildman–Crippen MR) is 443 cm³/mol. The van der Waals surface area contributed by atoms with E-state index < -0.39 is 31.4 Å². The highest BCUT2D eigenvalue weighted by Gasteiger charge is 2.43. The summed E-state index contributed by atoms with van der Waals surface area (Å²) in [4.78, 5) is 82.8. The summed E-state index contributed by atoms with van der Waals surface area (Å²) in [5.41, 5.74) is 22.1. The van der Waals surface area contributed by atoms with E-state index in [2.05, 4.69) is 81.3 Å². The third kappa shape index (κ3) is 20.8. The lowest BCUT2D eigenvalue weighted by molar-refractivity contribution is -0.0285. The molecular weight excluding hydrogens is 1620 g/mol. The number of ether oxygens (including phenoxy) is 8. The quantitative estimate of drug-likeness (QED) is 0.0655. The maximum atomic E-state index is 13.9. The van der Waals surface area contributed by atoms with Crippen molar-refractivity contribution in [1.29, 1.82) is 0 Å². The number of rotatable bonds is 16. The van der Waals surface area contributed by atoms with Crippen LogP contribution in [0.15, 0.2) is 55.1 Å². The second-order valence-electron chi connectivity index (χ2n) is 32.8. The topological polar surface area (TPSA) is 397 Å². The zero-order valence-electron chi connectivity index (χ0n) is 69.5. The minimum atomic E-state index is -2.80. The molecule has 8 aromatic rings. The van der Waals surface area contributed by atoms with Crippen LogP contribution in [0.5, 0.6) is 0 Å². The van der Waals surface area contributed by atoms with Gasteiger partial charge in [-0.3, -0.25) is 0 Å². The van der Waals surface area contributed by atoms with Crippen LogP contribution in [0.4, 0.5) is 106 Å². The van der Waals surface area contributed by atoms with Crippen LogP contribution in [0, 0.1) is 0 Å². The molecule has 7 atom stereocenters. The van der Waals surface area contributed by atoms with Gasteiger partial charge in [-0.25, -0.2) is 70.0 Å². The predicted octanol–water partition coefficient (Wildman–Crippen LogP) is 8.90. The molecule has 4 unspecified atom stereocenters. The van der Waals surface area contributed by atoms with Crippen LogP contribution in [-0.4, -0.2) is 280 Å². The summed E-state index contributed by atoms with van der Waals surface area (Å²) in [5, 5.41) is 0. The Morgan fingerprint density at radius 2 is 0.772 bits per heavy atom. The highest BCUT2D eigenvalue weighted by atomic mass is 19.3. The van der Waals surface area contributed by atoms with Gasteiger partial charge in [0.05, 0.1) is 131 Å². The molecule has 0 spiro atoms. The molecule has 0 saturated carbocycles. The molecule has 10 saturated heterocycles. The van der Waals surface area contributed by atoms with Crippen molar-refractivity contribution in [3.63, 3.8) is 0 Å². The zero-order valence-corrected chi connectivity index (χ0v) is 69.5. The van der Waals surface area contributed by atoms with E-state index in [0.717, 1.165) is 25.7 Å². The highest BCUT2D eigenvalue weighted by molar-refractivity contribution is 5.71. The molecule has 0 aromatic carbocycles. The van der Waals surface area contributed by atoms with Crippen molar-refractivity contribution in [3.8, 4) is 45.3 Å². The Morgan fingerprint density at radius 3 is 1.24 bits per heavy atom. The number of anilines is 12. The smallest absolute Gasteiger partial charge is 0.281 e. The number of hydrogen-bond donors (Lipinski definition) is 4. The fourth-order valence-electron chi connectivity index (χ4n) is 16.5. The van der Waals surface area contributed by atoms with Gasteiger partial charge >= 0.3 is 0 Å². The number of pyridine rings is 3. The first-order valence-electron chi connectivity index (χ1n) is 41.3. The number of hydrogen-bond acceptors (Lipinski definition) is 35. The van der Waals surface area contributed by atoms with Gasteiger partial charge in [0.25, 0.3) is 25.7 Å². The summed E-state index contributed by atoms with van der Waals surface area (Å²) < 4.78 is 155. The first kappa shape index (κ1) is 87.3. The number of nitrogens with zero attached hydrogens (tertiary/aromatic N) is 23. The van der Waals surface area contributed by atoms with Crippen LogP contribution in [0.2, 0.25) is 0 Å². The minimum absolute atomic E-state index is 0.0170. The van der Waals surface area contributed by atoms with Crippen LogP contribution in [0.3, 0.4) is 0 Å². The lowest BCUT2D eigenvalue weighted by Gasteiger charge is -2.40. The van der Waals surface area contributed by atoms with Crippen molar-refractivity contribution in [3.05, 3.63) is 77.5 Å². The molecule has 18 rings (SSSR count). The van der Waals surface area contributed by atoms with E-state index in [-0.39, 0.29) is 128 Å². The van der Waals surface area contributed by atoms with E-state index in [1.54, 1.807) is 12.1 Å². The Bertz CT molecular complexity index is 4780. The van der Waals surface area contributed by atoms with Crippen LogP contribution in [0.1, 0.15) is 122 Å². The molecule has 0 aliphatic carbocycles. The number of nitrogens with two attached hydrogens (primary N) is 4. The first-order chi connectivity index (χ1) is 59.0. The molecule has 662 valence electrons. The first-order valence-corrected chi connectivity index (χ1v) is 41.3. The molecule has 0 amide bonds. The molecule has 0 radical (unpaired) electrons. The summed E-state index contributed by atoms with van der Waals surface area (Å²) in [5.74, 6) is 4.34. The van der Waals surface area contributed by atoms with Crippen LogP contribution >= 0.6 is 0 Å². The zero-order chi connectivity index (χ0) is 86.5. The molecular formula is C80H103F8N27O8. The molecule has 123 heavy (non-hydrogen) atoms. The normalized spacial score (nSPS) is 23.3. The molecule has 4 bridgehead atoms. The number of morpholine rings is 8. The summed E-state index contributed by atoms with van der Waals surface area (Å²) in [6, 6.07) is 7.29. The maximum Gasteiger partial charge on any atom is 0.281 e. The lowest BCUT2D eigenvalue weighted by Crippen LogP contribution is -2.50. The van der Waals surface area contributed by atoms with Gasteiger partial charge in [0, 0.05) is 161 Å². The highest BCUT2D eigenvalue weighted by Crippen LogP contribution is 2.41. The van der Waals surface area contributed by atoms with Crippen LogP contribution < -0.4 is 62.1 Å². The summed E-state index contributed by atoms with van der Waals surface area (Å²) in [6.45, 7) is 27.9. The van der Waals surface area contributed by atoms with E-state index in [0.29, 0.717) is 210 Å². The van der Waals surface area contributed by atoms with Crippen molar-refractivity contribution >= 4 is 70.7 Å². The molecule has 43 heteroatoms. The van der Waals surface area contributed by atoms with Gasteiger partial charge in [-0.2, -0.15) is 39.9 Å². The average Bonchev–Trinajstić information content (AvgIpc) is 1.70. The van der Waals surface area contributed by atoms with Gasteiger partial charge in [0.2, 0.25) is 41.6 Å². The van der Waals surface area contributed by atoms with E-state index in [1.807, 2.05) is 61.1 Å². The summed E-state index contributed by atoms with van der Waals surface area (Å²) >= 11 is 0. The number of aromatic nitrogens is 15. The van der Waals surface area contributed by atoms with Crippen molar-refractivity contribution in [2.75, 3.05) is 213 Å². The SMILES string of the molecule is CC1(C)CN(c2nc(-c3cnc(N)cc3C(F)F)nc(N3CCOC(C)(C)C3)n2)CCO1.C[C@H]1C2CCC(CN1c1nc(-c3cnc(N)cc3C(F)F)nc(N3CC4CCC(C3)O4)n1)O2.C[C@H]1COCCN1c1cc(-c2cnc(N)cc2C(F)F)nc(N2CCOCC2)n1.C[C@H]1COCCN1c1cc(-c2cnc(N)nc2C(F)F)nc(N2CCOCC2)n1. The fraction of sp³-hybridized carbons (Fsp3) is 0.588. The van der Waals surface area contributed by atoms with Crippen molar-refractivity contribution in [2.45, 2.75) is 154 Å². The Labute approximate surface area is 705 Å².